The van der Waals surface area contributed by atoms with Crippen LogP contribution in [0.5, 0.6) is 0 Å². The molecule has 0 nitrogen and oxygen atoms in total. The van der Waals surface area contributed by atoms with Crippen LogP contribution in [0.15, 0.2) is 116 Å². The van der Waals surface area contributed by atoms with Crippen molar-refractivity contribution in [3.8, 4) is 0 Å². The molecule has 24 heavy (non-hydrogen) atoms. The molecule has 0 heterocycles. The molecular formula is C22H20ClP. The maximum atomic E-state index is 3.88. The first kappa shape index (κ1) is 18.2. The van der Waals surface area contributed by atoms with Crippen LogP contribution in [-0.4, -0.2) is 0 Å². The van der Waals surface area contributed by atoms with E-state index in [1.807, 2.05) is 6.08 Å². The van der Waals surface area contributed by atoms with Gasteiger partial charge in [0.05, 0.1) is 5.82 Å². The van der Waals surface area contributed by atoms with Crippen molar-refractivity contribution in [2.75, 3.05) is 0 Å². The van der Waals surface area contributed by atoms with Crippen molar-refractivity contribution in [1.29, 1.82) is 0 Å². The number of hydrogen-bond donors (Lipinski definition) is 0. The van der Waals surface area contributed by atoms with Gasteiger partial charge in [-0.1, -0.05) is 67.3 Å². The number of allylic oxidation sites excluding steroid dienone is 2. The molecule has 0 N–H and O–H groups in total. The summed E-state index contributed by atoms with van der Waals surface area (Å²) in [5.74, 6) is 2.35. The summed E-state index contributed by atoms with van der Waals surface area (Å²) in [5, 5.41) is 4.07. The Kier molecular flexibility index (Phi) is 6.55. The molecule has 0 aliphatic rings. The molecule has 0 fully saturated rings. The number of rotatable bonds is 5. The Morgan fingerprint density at radius 1 is 0.583 bits per heavy atom. The number of halogens is 1. The molecule has 0 saturated carbocycles. The van der Waals surface area contributed by atoms with Crippen molar-refractivity contribution < 1.29 is 12.4 Å². The van der Waals surface area contributed by atoms with Gasteiger partial charge >= 0.3 is 0 Å². The average molecular weight is 351 g/mol. The van der Waals surface area contributed by atoms with E-state index in [-0.39, 0.29) is 12.4 Å². The third kappa shape index (κ3) is 3.51. The highest BCUT2D eigenvalue weighted by molar-refractivity contribution is 7.98. The molecule has 2 heteroatoms. The Morgan fingerprint density at radius 3 is 1.21 bits per heavy atom. The summed E-state index contributed by atoms with van der Waals surface area (Å²) in [5.41, 5.74) is 0. The Balaban J connectivity index is 0.00000208. The quantitative estimate of drug-likeness (QED) is 0.485. The molecule has 0 amide bonds. The van der Waals surface area contributed by atoms with Crippen LogP contribution in [0.1, 0.15) is 0 Å². The smallest absolute Gasteiger partial charge is 0.136 e. The van der Waals surface area contributed by atoms with E-state index in [1.165, 1.54) is 15.9 Å². The predicted octanol–water partition coefficient (Wildman–Crippen LogP) is 1.68. The van der Waals surface area contributed by atoms with Gasteiger partial charge in [0.2, 0.25) is 0 Å². The Bertz CT molecular complexity index is 683. The summed E-state index contributed by atoms with van der Waals surface area (Å²) >= 11 is 0. The third-order valence-electron chi connectivity index (χ3n) is 3.94. The summed E-state index contributed by atoms with van der Waals surface area (Å²) in [6.07, 6.45) is 3.95. The largest absolute Gasteiger partial charge is 1.00 e. The lowest BCUT2D eigenvalue weighted by Gasteiger charge is -2.23. The fourth-order valence-electron chi connectivity index (χ4n) is 2.88. The minimum absolute atomic E-state index is 0. The van der Waals surface area contributed by atoms with Crippen LogP contribution in [0.3, 0.4) is 0 Å². The van der Waals surface area contributed by atoms with Crippen LogP contribution in [0, 0.1) is 0 Å². The molecule has 3 aromatic rings. The molecule has 3 aromatic carbocycles. The van der Waals surface area contributed by atoms with Crippen molar-refractivity contribution in [1.82, 2.24) is 0 Å². The lowest BCUT2D eigenvalue weighted by molar-refractivity contribution is -0.00000440. The zero-order chi connectivity index (χ0) is 16.0. The van der Waals surface area contributed by atoms with Crippen LogP contribution in [0.25, 0.3) is 0 Å². The molecule has 0 saturated heterocycles. The molecule has 0 bridgehead atoms. The molecule has 120 valence electrons. The van der Waals surface area contributed by atoms with Crippen molar-refractivity contribution in [2.45, 2.75) is 0 Å². The van der Waals surface area contributed by atoms with Gasteiger partial charge in [-0.3, -0.25) is 0 Å². The molecule has 0 aromatic heterocycles. The highest BCUT2D eigenvalue weighted by Crippen LogP contribution is 2.56. The van der Waals surface area contributed by atoms with Gasteiger partial charge in [0, 0.05) is 0 Å². The topological polar surface area (TPSA) is 0 Å². The van der Waals surface area contributed by atoms with E-state index in [4.69, 9.17) is 0 Å². The van der Waals surface area contributed by atoms with Crippen LogP contribution in [0.2, 0.25) is 0 Å². The number of hydrogen-bond acceptors (Lipinski definition) is 0. The van der Waals surface area contributed by atoms with Crippen molar-refractivity contribution in [3.63, 3.8) is 0 Å². The number of benzene rings is 3. The van der Waals surface area contributed by atoms with E-state index in [2.05, 4.69) is 109 Å². The van der Waals surface area contributed by atoms with Crippen LogP contribution in [0.4, 0.5) is 0 Å². The summed E-state index contributed by atoms with van der Waals surface area (Å²) in [7, 11) is -1.82. The zero-order valence-electron chi connectivity index (χ0n) is 13.4. The van der Waals surface area contributed by atoms with Gasteiger partial charge in [0.15, 0.2) is 0 Å². The minimum atomic E-state index is -1.82. The highest BCUT2D eigenvalue weighted by Gasteiger charge is 2.42. The maximum Gasteiger partial charge on any atom is 0.136 e. The Labute approximate surface area is 151 Å². The predicted molar refractivity (Wildman–Crippen MR) is 104 cm³/mol. The first-order chi connectivity index (χ1) is 11.4. The summed E-state index contributed by atoms with van der Waals surface area (Å²) < 4.78 is 0. The zero-order valence-corrected chi connectivity index (χ0v) is 15.1. The van der Waals surface area contributed by atoms with Crippen LogP contribution >= 0.6 is 7.26 Å². The van der Waals surface area contributed by atoms with E-state index in [1.54, 1.807) is 0 Å². The van der Waals surface area contributed by atoms with E-state index >= 15 is 0 Å². The maximum absolute atomic E-state index is 3.88. The first-order valence-electron chi connectivity index (χ1n) is 7.74. The van der Waals surface area contributed by atoms with Crippen LogP contribution in [-0.2, 0) is 0 Å². The summed E-state index contributed by atoms with van der Waals surface area (Å²) in [4.78, 5) is 0. The summed E-state index contributed by atoms with van der Waals surface area (Å²) in [6.45, 7) is 3.88. The van der Waals surface area contributed by atoms with Gasteiger partial charge in [-0.15, -0.1) is 0 Å². The van der Waals surface area contributed by atoms with Gasteiger partial charge in [-0.2, -0.15) is 0 Å². The average Bonchev–Trinajstić information content (AvgIpc) is 2.65. The first-order valence-corrected chi connectivity index (χ1v) is 9.59. The minimum Gasteiger partial charge on any atom is -1.00 e. The van der Waals surface area contributed by atoms with Gasteiger partial charge < -0.3 is 12.4 Å². The van der Waals surface area contributed by atoms with Gasteiger partial charge in [-0.25, -0.2) is 0 Å². The van der Waals surface area contributed by atoms with Crippen molar-refractivity contribution >= 4 is 23.2 Å². The molecule has 3 rings (SSSR count). The fraction of sp³-hybridized carbons (Fsp3) is 0. The van der Waals surface area contributed by atoms with E-state index in [9.17, 15) is 0 Å². The molecule has 0 aliphatic heterocycles. The lowest BCUT2D eigenvalue weighted by Crippen LogP contribution is -3.00. The molecule has 0 spiro atoms. The Hall–Kier alpha value is -2.14. The summed E-state index contributed by atoms with van der Waals surface area (Å²) in [6, 6.07) is 32.4. The fourth-order valence-corrected chi connectivity index (χ4v) is 6.60. The molecule has 0 atom stereocenters. The lowest BCUT2D eigenvalue weighted by atomic mass is 10.4. The molecule has 0 aliphatic carbocycles. The monoisotopic (exact) mass is 350 g/mol. The second kappa shape index (κ2) is 8.64. The van der Waals surface area contributed by atoms with Gasteiger partial charge in [-0.05, 0) is 42.5 Å². The van der Waals surface area contributed by atoms with Crippen molar-refractivity contribution in [3.05, 3.63) is 116 Å². The molecular weight excluding hydrogens is 331 g/mol. The van der Waals surface area contributed by atoms with Gasteiger partial charge in [0.1, 0.15) is 23.2 Å². The van der Waals surface area contributed by atoms with Gasteiger partial charge in [0.25, 0.3) is 0 Å². The SMILES string of the molecule is C=CC=C[P+](c1ccccc1)(c1ccccc1)c1ccccc1.[Cl-]. The van der Waals surface area contributed by atoms with Crippen LogP contribution < -0.4 is 28.3 Å². The van der Waals surface area contributed by atoms with E-state index in [0.29, 0.717) is 0 Å². The van der Waals surface area contributed by atoms with E-state index < -0.39 is 7.26 Å². The third-order valence-corrected chi connectivity index (χ3v) is 7.89. The van der Waals surface area contributed by atoms with Crippen molar-refractivity contribution in [2.24, 2.45) is 0 Å². The second-order valence-electron chi connectivity index (χ2n) is 5.31. The highest BCUT2D eigenvalue weighted by atomic mass is 35.5. The molecule has 0 unspecified atom stereocenters. The second-order valence-corrected chi connectivity index (χ2v) is 8.60. The standard InChI is InChI=1S/C22H20P.ClH/c1-2-3-19-23(20-13-7-4-8-14-20,21-15-9-5-10-16-21)22-17-11-6-12-18-22;/h2-19H,1H2;1H/q+1;/p-1. The normalized spacial score (nSPS) is 11.0. The molecule has 0 radical (unpaired) electrons. The Morgan fingerprint density at radius 2 is 0.917 bits per heavy atom. The van der Waals surface area contributed by atoms with E-state index in [0.717, 1.165) is 0 Å².